The van der Waals surface area contributed by atoms with Crippen molar-refractivity contribution in [2.24, 2.45) is 5.92 Å². The third-order valence-electron chi connectivity index (χ3n) is 3.48. The van der Waals surface area contributed by atoms with Gasteiger partial charge in [0, 0.05) is 23.6 Å². The van der Waals surface area contributed by atoms with Crippen LogP contribution in [0, 0.1) is 5.92 Å². The van der Waals surface area contributed by atoms with Gasteiger partial charge in [0.15, 0.2) is 0 Å². The van der Waals surface area contributed by atoms with Crippen molar-refractivity contribution in [2.45, 2.75) is 19.9 Å². The Morgan fingerprint density at radius 1 is 1.42 bits per heavy atom. The number of nitrogens with one attached hydrogen (secondary N) is 1. The van der Waals surface area contributed by atoms with E-state index >= 15 is 0 Å². The first-order chi connectivity index (χ1) is 9.08. The predicted molar refractivity (Wildman–Crippen MR) is 76.0 cm³/mol. The fraction of sp³-hybridized carbons (Fsp3) is 0.400. The summed E-state index contributed by atoms with van der Waals surface area (Å²) in [5, 5.41) is 10.1. The number of hydrogen-bond acceptors (Lipinski definition) is 2. The second-order valence-electron chi connectivity index (χ2n) is 5.13. The molecule has 0 saturated carbocycles. The van der Waals surface area contributed by atoms with Crippen molar-refractivity contribution in [2.75, 3.05) is 13.6 Å². The van der Waals surface area contributed by atoms with E-state index in [0.29, 0.717) is 6.42 Å². The standard InChI is InChI=1S/C15H20N2O2/c1-11(15(18)19)7-8-17(2)10-12-9-16-14-6-4-3-5-13(12)14/h3-6,9,11,16H,7-8,10H2,1-2H3,(H,18,19). The molecule has 4 heteroatoms. The molecule has 1 atom stereocenters. The smallest absolute Gasteiger partial charge is 0.306 e. The molecule has 1 aromatic carbocycles. The van der Waals surface area contributed by atoms with Crippen LogP contribution in [0.25, 0.3) is 10.9 Å². The average Bonchev–Trinajstić information content (AvgIpc) is 2.79. The topological polar surface area (TPSA) is 56.3 Å². The summed E-state index contributed by atoms with van der Waals surface area (Å²) in [6.45, 7) is 3.37. The van der Waals surface area contributed by atoms with Crippen molar-refractivity contribution < 1.29 is 9.90 Å². The number of nitrogens with zero attached hydrogens (tertiary/aromatic N) is 1. The van der Waals surface area contributed by atoms with Gasteiger partial charge >= 0.3 is 5.97 Å². The Labute approximate surface area is 113 Å². The van der Waals surface area contributed by atoms with Gasteiger partial charge in [-0.3, -0.25) is 4.79 Å². The molecule has 1 unspecified atom stereocenters. The number of carboxylic acid groups (broad SMARTS) is 1. The first-order valence-electron chi connectivity index (χ1n) is 6.54. The van der Waals surface area contributed by atoms with E-state index in [9.17, 15) is 4.79 Å². The number of aromatic nitrogens is 1. The summed E-state index contributed by atoms with van der Waals surface area (Å²) in [6.07, 6.45) is 2.70. The molecule has 2 rings (SSSR count). The molecule has 19 heavy (non-hydrogen) atoms. The van der Waals surface area contributed by atoms with Gasteiger partial charge in [0.1, 0.15) is 0 Å². The van der Waals surface area contributed by atoms with Gasteiger partial charge in [-0.2, -0.15) is 0 Å². The molecule has 102 valence electrons. The normalized spacial score (nSPS) is 13.0. The molecule has 4 nitrogen and oxygen atoms in total. The number of hydrogen-bond donors (Lipinski definition) is 2. The lowest BCUT2D eigenvalue weighted by molar-refractivity contribution is -0.141. The Morgan fingerprint density at radius 2 is 2.16 bits per heavy atom. The molecule has 0 aliphatic carbocycles. The van der Waals surface area contributed by atoms with Crippen molar-refractivity contribution in [1.29, 1.82) is 0 Å². The molecular formula is C15H20N2O2. The highest BCUT2D eigenvalue weighted by atomic mass is 16.4. The van der Waals surface area contributed by atoms with Crippen molar-refractivity contribution in [3.63, 3.8) is 0 Å². The number of carbonyl (C=O) groups is 1. The van der Waals surface area contributed by atoms with Gasteiger partial charge in [0.2, 0.25) is 0 Å². The SMILES string of the molecule is CC(CCN(C)Cc1c[nH]c2ccccc12)C(=O)O. The summed E-state index contributed by atoms with van der Waals surface area (Å²) in [5.41, 5.74) is 2.39. The quantitative estimate of drug-likeness (QED) is 0.839. The maximum atomic E-state index is 10.8. The fourth-order valence-corrected chi connectivity index (χ4v) is 2.17. The number of aromatic amines is 1. The van der Waals surface area contributed by atoms with Gasteiger partial charge in [-0.25, -0.2) is 0 Å². The van der Waals surface area contributed by atoms with Crippen molar-refractivity contribution in [3.05, 3.63) is 36.0 Å². The third kappa shape index (κ3) is 3.35. The second-order valence-corrected chi connectivity index (χ2v) is 5.13. The summed E-state index contributed by atoms with van der Waals surface area (Å²) < 4.78 is 0. The molecule has 2 aromatic rings. The minimum absolute atomic E-state index is 0.287. The molecule has 2 N–H and O–H groups in total. The van der Waals surface area contributed by atoms with E-state index in [2.05, 4.69) is 22.0 Å². The lowest BCUT2D eigenvalue weighted by Gasteiger charge is -2.17. The molecule has 0 amide bonds. The predicted octanol–water partition coefficient (Wildman–Crippen LogP) is 2.71. The summed E-state index contributed by atoms with van der Waals surface area (Å²) in [4.78, 5) is 16.2. The second kappa shape index (κ2) is 5.89. The molecule has 0 spiro atoms. The average molecular weight is 260 g/mol. The highest BCUT2D eigenvalue weighted by Gasteiger charge is 2.12. The fourth-order valence-electron chi connectivity index (χ4n) is 2.17. The van der Waals surface area contributed by atoms with E-state index in [0.717, 1.165) is 18.6 Å². The lowest BCUT2D eigenvalue weighted by Crippen LogP contribution is -2.23. The molecule has 0 aliphatic rings. The maximum Gasteiger partial charge on any atom is 0.306 e. The van der Waals surface area contributed by atoms with Crippen LogP contribution < -0.4 is 0 Å². The molecule has 0 bridgehead atoms. The first kappa shape index (κ1) is 13.6. The van der Waals surface area contributed by atoms with Crippen LogP contribution in [0.3, 0.4) is 0 Å². The minimum Gasteiger partial charge on any atom is -0.481 e. The van der Waals surface area contributed by atoms with Gasteiger partial charge in [-0.15, -0.1) is 0 Å². The van der Waals surface area contributed by atoms with Gasteiger partial charge in [-0.05, 0) is 31.6 Å². The van der Waals surface area contributed by atoms with E-state index in [-0.39, 0.29) is 5.92 Å². The lowest BCUT2D eigenvalue weighted by atomic mass is 10.1. The number of fused-ring (bicyclic) bond motifs is 1. The van der Waals surface area contributed by atoms with Crippen LogP contribution in [0.4, 0.5) is 0 Å². The molecule has 0 saturated heterocycles. The highest BCUT2D eigenvalue weighted by Crippen LogP contribution is 2.19. The monoisotopic (exact) mass is 260 g/mol. The Kier molecular flexibility index (Phi) is 4.22. The number of aliphatic carboxylic acids is 1. The number of rotatable bonds is 6. The van der Waals surface area contributed by atoms with Crippen molar-refractivity contribution >= 4 is 16.9 Å². The summed E-state index contributed by atoms with van der Waals surface area (Å²) in [5.74, 6) is -1.01. The van der Waals surface area contributed by atoms with Crippen molar-refractivity contribution in [3.8, 4) is 0 Å². The molecule has 1 heterocycles. The molecule has 1 aromatic heterocycles. The number of benzene rings is 1. The van der Waals surface area contributed by atoms with Crippen LogP contribution in [0.1, 0.15) is 18.9 Å². The molecule has 0 fully saturated rings. The van der Waals surface area contributed by atoms with Crippen LogP contribution in [0.15, 0.2) is 30.5 Å². The molecular weight excluding hydrogens is 240 g/mol. The van der Waals surface area contributed by atoms with Gasteiger partial charge in [0.05, 0.1) is 5.92 Å². The third-order valence-corrected chi connectivity index (χ3v) is 3.48. The van der Waals surface area contributed by atoms with Gasteiger partial charge in [-0.1, -0.05) is 25.1 Å². The first-order valence-corrected chi connectivity index (χ1v) is 6.54. The van der Waals surface area contributed by atoms with Crippen LogP contribution >= 0.6 is 0 Å². The van der Waals surface area contributed by atoms with Crippen LogP contribution in [0.5, 0.6) is 0 Å². The summed E-state index contributed by atoms with van der Waals surface area (Å²) >= 11 is 0. The number of H-pyrrole nitrogens is 1. The summed E-state index contributed by atoms with van der Waals surface area (Å²) in [6, 6.07) is 8.22. The van der Waals surface area contributed by atoms with E-state index < -0.39 is 5.97 Å². The van der Waals surface area contributed by atoms with Gasteiger partial charge in [0.25, 0.3) is 0 Å². The van der Waals surface area contributed by atoms with E-state index in [1.165, 1.54) is 10.9 Å². The Morgan fingerprint density at radius 3 is 2.89 bits per heavy atom. The maximum absolute atomic E-state index is 10.8. The van der Waals surface area contributed by atoms with Crippen molar-refractivity contribution in [1.82, 2.24) is 9.88 Å². The van der Waals surface area contributed by atoms with Crippen LogP contribution in [-0.4, -0.2) is 34.6 Å². The Bertz CT molecular complexity index is 562. The molecule has 0 aliphatic heterocycles. The van der Waals surface area contributed by atoms with E-state index in [1.807, 2.05) is 25.4 Å². The zero-order valence-corrected chi connectivity index (χ0v) is 11.4. The van der Waals surface area contributed by atoms with E-state index in [1.54, 1.807) is 6.92 Å². The van der Waals surface area contributed by atoms with Crippen LogP contribution in [-0.2, 0) is 11.3 Å². The zero-order chi connectivity index (χ0) is 13.8. The largest absolute Gasteiger partial charge is 0.481 e. The molecule has 0 radical (unpaired) electrons. The highest BCUT2D eigenvalue weighted by molar-refractivity contribution is 5.82. The minimum atomic E-state index is -0.722. The Balaban J connectivity index is 1.95. The summed E-state index contributed by atoms with van der Waals surface area (Å²) in [7, 11) is 2.02. The number of carboxylic acids is 1. The zero-order valence-electron chi connectivity index (χ0n) is 11.4. The van der Waals surface area contributed by atoms with Gasteiger partial charge < -0.3 is 15.0 Å². The van der Waals surface area contributed by atoms with Crippen LogP contribution in [0.2, 0.25) is 0 Å². The number of para-hydroxylation sites is 1. The Hall–Kier alpha value is -1.81. The van der Waals surface area contributed by atoms with E-state index in [4.69, 9.17) is 5.11 Å².